The number of hydrogen-bond acceptors (Lipinski definition) is 4. The van der Waals surface area contributed by atoms with Crippen LogP contribution in [0.4, 0.5) is 24.5 Å². The molecule has 0 saturated carbocycles. The summed E-state index contributed by atoms with van der Waals surface area (Å²) in [5.41, 5.74) is 2.01. The first-order chi connectivity index (χ1) is 13.8. The van der Waals surface area contributed by atoms with Crippen molar-refractivity contribution in [3.63, 3.8) is 0 Å². The number of aryl methyl sites for hydroxylation is 1. The Bertz CT molecular complexity index is 1120. The molecule has 146 valence electrons. The molecule has 29 heavy (non-hydrogen) atoms. The number of nitrogens with one attached hydrogen (secondary N) is 1. The van der Waals surface area contributed by atoms with Gasteiger partial charge in [0.1, 0.15) is 0 Å². The number of fused-ring (bicyclic) bond motifs is 1. The van der Waals surface area contributed by atoms with Crippen molar-refractivity contribution in [1.82, 2.24) is 9.97 Å². The molecule has 0 aliphatic carbocycles. The van der Waals surface area contributed by atoms with Crippen LogP contribution >= 0.6 is 0 Å². The van der Waals surface area contributed by atoms with E-state index in [9.17, 15) is 18.0 Å². The first-order valence-electron chi connectivity index (χ1n) is 8.77. The van der Waals surface area contributed by atoms with Gasteiger partial charge in [-0.25, -0.2) is 0 Å². The number of carbonyl (C=O) groups excluding carboxylic acids is 1. The number of aliphatic imine (C=N–C) groups is 1. The molecule has 1 amide bonds. The third kappa shape index (κ3) is 3.87. The lowest BCUT2D eigenvalue weighted by molar-refractivity contribution is -0.138. The van der Waals surface area contributed by atoms with Gasteiger partial charge in [0.2, 0.25) is 5.91 Å². The summed E-state index contributed by atoms with van der Waals surface area (Å²) < 4.78 is 39.9. The highest BCUT2D eigenvalue weighted by Gasteiger charge is 2.33. The van der Waals surface area contributed by atoms with E-state index in [0.29, 0.717) is 17.0 Å². The van der Waals surface area contributed by atoms with E-state index in [0.717, 1.165) is 11.6 Å². The van der Waals surface area contributed by atoms with Crippen LogP contribution in [-0.2, 0) is 11.0 Å². The summed E-state index contributed by atoms with van der Waals surface area (Å²) in [5, 5.41) is 2.64. The lowest BCUT2D eigenvalue weighted by Gasteiger charge is -2.13. The van der Waals surface area contributed by atoms with Gasteiger partial charge in [0.15, 0.2) is 0 Å². The Balaban J connectivity index is 1.82. The van der Waals surface area contributed by atoms with Gasteiger partial charge >= 0.3 is 6.18 Å². The number of rotatable bonds is 2. The second kappa shape index (κ2) is 7.12. The summed E-state index contributed by atoms with van der Waals surface area (Å²) in [6, 6.07) is 9.45. The number of carbonyl (C=O) groups is 1. The van der Waals surface area contributed by atoms with Gasteiger partial charge in [0.05, 0.1) is 41.0 Å². The summed E-state index contributed by atoms with van der Waals surface area (Å²) >= 11 is 0. The second-order valence-corrected chi connectivity index (χ2v) is 6.64. The Morgan fingerprint density at radius 2 is 1.86 bits per heavy atom. The van der Waals surface area contributed by atoms with Crippen LogP contribution in [0, 0.1) is 6.92 Å². The van der Waals surface area contributed by atoms with Crippen molar-refractivity contribution in [1.29, 1.82) is 0 Å². The van der Waals surface area contributed by atoms with Crippen LogP contribution in [0.25, 0.3) is 11.3 Å². The van der Waals surface area contributed by atoms with Gasteiger partial charge in [-0.3, -0.25) is 19.8 Å². The number of alkyl halides is 3. The summed E-state index contributed by atoms with van der Waals surface area (Å²) in [6.07, 6.45) is 0.171. The molecule has 3 aromatic rings. The maximum atomic E-state index is 13.3. The highest BCUT2D eigenvalue weighted by Crippen LogP contribution is 2.39. The number of aromatic nitrogens is 2. The molecule has 1 aliphatic rings. The summed E-state index contributed by atoms with van der Waals surface area (Å²) in [7, 11) is 0. The first-order valence-corrected chi connectivity index (χ1v) is 8.77. The third-order valence-electron chi connectivity index (χ3n) is 4.56. The first kappa shape index (κ1) is 18.8. The van der Waals surface area contributed by atoms with E-state index in [1.165, 1.54) is 13.0 Å². The van der Waals surface area contributed by atoms with Crippen molar-refractivity contribution < 1.29 is 18.0 Å². The Kier molecular flexibility index (Phi) is 4.62. The topological polar surface area (TPSA) is 67.2 Å². The fourth-order valence-electron chi connectivity index (χ4n) is 3.20. The molecule has 0 unspecified atom stereocenters. The van der Waals surface area contributed by atoms with E-state index in [4.69, 9.17) is 0 Å². The van der Waals surface area contributed by atoms with Crippen LogP contribution in [0.2, 0.25) is 0 Å². The van der Waals surface area contributed by atoms with Crippen LogP contribution < -0.4 is 5.32 Å². The smallest absolute Gasteiger partial charge is 0.324 e. The van der Waals surface area contributed by atoms with Crippen molar-refractivity contribution in [3.8, 4) is 11.3 Å². The third-order valence-corrected chi connectivity index (χ3v) is 4.56. The van der Waals surface area contributed by atoms with Crippen LogP contribution in [0.15, 0.2) is 60.0 Å². The van der Waals surface area contributed by atoms with Crippen LogP contribution in [-0.4, -0.2) is 21.6 Å². The van der Waals surface area contributed by atoms with Crippen molar-refractivity contribution in [2.45, 2.75) is 19.5 Å². The zero-order valence-corrected chi connectivity index (χ0v) is 15.3. The van der Waals surface area contributed by atoms with E-state index < -0.39 is 11.7 Å². The van der Waals surface area contributed by atoms with Gasteiger partial charge in [-0.1, -0.05) is 18.2 Å². The molecule has 2 aromatic carbocycles. The summed E-state index contributed by atoms with van der Waals surface area (Å²) in [4.78, 5) is 25.0. The maximum absolute atomic E-state index is 13.3. The van der Waals surface area contributed by atoms with Gasteiger partial charge in [0, 0.05) is 18.0 Å². The molecule has 0 bridgehead atoms. The average molecular weight is 396 g/mol. The SMILES string of the molecule is Cc1cc2c(cc1C(F)(F)F)N=C(c1cccc(-c3cnccn3)c1)CC(=O)N2. The zero-order valence-electron chi connectivity index (χ0n) is 15.3. The van der Waals surface area contributed by atoms with E-state index >= 15 is 0 Å². The van der Waals surface area contributed by atoms with Crippen molar-refractivity contribution in [2.24, 2.45) is 4.99 Å². The van der Waals surface area contributed by atoms with E-state index in [1.54, 1.807) is 36.8 Å². The molecular weight excluding hydrogens is 381 g/mol. The van der Waals surface area contributed by atoms with Crippen LogP contribution in [0.5, 0.6) is 0 Å². The van der Waals surface area contributed by atoms with Crippen LogP contribution in [0.1, 0.15) is 23.1 Å². The molecule has 1 N–H and O–H groups in total. The molecule has 4 rings (SSSR count). The van der Waals surface area contributed by atoms with Gasteiger partial charge in [0.25, 0.3) is 0 Å². The van der Waals surface area contributed by atoms with E-state index in [1.807, 2.05) is 6.07 Å². The highest BCUT2D eigenvalue weighted by molar-refractivity contribution is 6.17. The fourth-order valence-corrected chi connectivity index (χ4v) is 3.20. The quantitative estimate of drug-likeness (QED) is 0.668. The molecule has 8 heteroatoms. The monoisotopic (exact) mass is 396 g/mol. The Morgan fingerprint density at radius 3 is 2.59 bits per heavy atom. The number of halogens is 3. The number of benzene rings is 2. The standard InChI is InChI=1S/C21H15F3N4O/c1-12-7-17-18(9-15(12)21(22,23)24)27-16(10-20(29)28-17)13-3-2-4-14(8-13)19-11-25-5-6-26-19/h2-9,11H,10H2,1H3,(H,28,29). The van der Waals surface area contributed by atoms with Crippen LogP contribution in [0.3, 0.4) is 0 Å². The van der Waals surface area contributed by atoms with Gasteiger partial charge in [-0.15, -0.1) is 0 Å². The minimum Gasteiger partial charge on any atom is -0.324 e. The number of amides is 1. The second-order valence-electron chi connectivity index (χ2n) is 6.64. The van der Waals surface area contributed by atoms with Gasteiger partial charge in [-0.2, -0.15) is 13.2 Å². The lowest BCUT2D eigenvalue weighted by Crippen LogP contribution is -2.15. The molecule has 5 nitrogen and oxygen atoms in total. The Labute approximate surface area is 164 Å². The fraction of sp³-hybridized carbons (Fsp3) is 0.143. The highest BCUT2D eigenvalue weighted by atomic mass is 19.4. The molecule has 2 heterocycles. The zero-order chi connectivity index (χ0) is 20.6. The van der Waals surface area contributed by atoms with Crippen molar-refractivity contribution in [3.05, 3.63) is 71.7 Å². The molecule has 1 aliphatic heterocycles. The average Bonchev–Trinajstić information content (AvgIpc) is 2.85. The number of nitrogens with zero attached hydrogens (tertiary/aromatic N) is 3. The predicted octanol–water partition coefficient (Wildman–Crippen LogP) is 4.93. The molecule has 0 radical (unpaired) electrons. The summed E-state index contributed by atoms with van der Waals surface area (Å²) in [6.45, 7) is 1.36. The molecule has 0 atom stereocenters. The molecule has 0 spiro atoms. The predicted molar refractivity (Wildman–Crippen MR) is 103 cm³/mol. The van der Waals surface area contributed by atoms with E-state index in [-0.39, 0.29) is 29.3 Å². The molecular formula is C21H15F3N4O. The Morgan fingerprint density at radius 1 is 1.07 bits per heavy atom. The molecule has 1 aromatic heterocycles. The number of hydrogen-bond donors (Lipinski definition) is 1. The van der Waals surface area contributed by atoms with E-state index in [2.05, 4.69) is 20.3 Å². The maximum Gasteiger partial charge on any atom is 0.416 e. The molecule has 0 saturated heterocycles. The molecule has 0 fully saturated rings. The normalized spacial score (nSPS) is 13.9. The minimum atomic E-state index is -4.50. The number of anilines is 1. The lowest BCUT2D eigenvalue weighted by atomic mass is 10.0. The van der Waals surface area contributed by atoms with Crippen molar-refractivity contribution in [2.75, 3.05) is 5.32 Å². The van der Waals surface area contributed by atoms with Gasteiger partial charge < -0.3 is 5.32 Å². The van der Waals surface area contributed by atoms with Crippen molar-refractivity contribution >= 4 is 23.0 Å². The minimum absolute atomic E-state index is 0.0276. The Hall–Kier alpha value is -3.55. The van der Waals surface area contributed by atoms with Gasteiger partial charge in [-0.05, 0) is 36.2 Å². The largest absolute Gasteiger partial charge is 0.416 e. The summed E-state index contributed by atoms with van der Waals surface area (Å²) in [5.74, 6) is -0.341.